The first kappa shape index (κ1) is 6.97. The Bertz CT molecular complexity index is 408. The SMILES string of the molecule is COc1cccn2nc(N)cc12. The Hall–Kier alpha value is -1.71. The maximum atomic E-state index is 5.53. The molecule has 2 rings (SSSR count). The second-order valence-corrected chi connectivity index (χ2v) is 2.48. The van der Waals surface area contributed by atoms with E-state index in [2.05, 4.69) is 5.10 Å². The zero-order valence-electron chi connectivity index (χ0n) is 6.69. The van der Waals surface area contributed by atoms with Crippen molar-refractivity contribution in [3.63, 3.8) is 0 Å². The summed E-state index contributed by atoms with van der Waals surface area (Å²) in [7, 11) is 1.62. The van der Waals surface area contributed by atoms with Crippen LogP contribution in [0.4, 0.5) is 5.82 Å². The van der Waals surface area contributed by atoms with Gasteiger partial charge in [-0.2, -0.15) is 5.10 Å². The second kappa shape index (κ2) is 2.41. The normalized spacial score (nSPS) is 10.4. The van der Waals surface area contributed by atoms with Crippen molar-refractivity contribution >= 4 is 11.3 Å². The first-order chi connectivity index (χ1) is 5.81. The molecule has 12 heavy (non-hydrogen) atoms. The van der Waals surface area contributed by atoms with Gasteiger partial charge in [-0.3, -0.25) is 0 Å². The highest BCUT2D eigenvalue weighted by molar-refractivity contribution is 5.63. The van der Waals surface area contributed by atoms with E-state index in [-0.39, 0.29) is 0 Å². The molecule has 0 aliphatic rings. The molecule has 0 aliphatic heterocycles. The van der Waals surface area contributed by atoms with Gasteiger partial charge in [-0.25, -0.2) is 4.52 Å². The van der Waals surface area contributed by atoms with E-state index in [4.69, 9.17) is 10.5 Å². The second-order valence-electron chi connectivity index (χ2n) is 2.48. The fraction of sp³-hybridized carbons (Fsp3) is 0.125. The summed E-state index contributed by atoms with van der Waals surface area (Å²) in [5.41, 5.74) is 6.41. The third kappa shape index (κ3) is 0.887. The largest absolute Gasteiger partial charge is 0.494 e. The molecule has 0 saturated carbocycles. The topological polar surface area (TPSA) is 52.5 Å². The van der Waals surface area contributed by atoms with Gasteiger partial charge >= 0.3 is 0 Å². The van der Waals surface area contributed by atoms with Gasteiger partial charge < -0.3 is 10.5 Å². The van der Waals surface area contributed by atoms with Gasteiger partial charge in [0.05, 0.1) is 7.11 Å². The van der Waals surface area contributed by atoms with Crippen molar-refractivity contribution < 1.29 is 4.74 Å². The Morgan fingerprint density at radius 1 is 1.58 bits per heavy atom. The summed E-state index contributed by atoms with van der Waals surface area (Å²) in [4.78, 5) is 0. The predicted octanol–water partition coefficient (Wildman–Crippen LogP) is 0.925. The fourth-order valence-corrected chi connectivity index (χ4v) is 1.18. The summed E-state index contributed by atoms with van der Waals surface area (Å²) >= 11 is 0. The number of fused-ring (bicyclic) bond motifs is 1. The third-order valence-electron chi connectivity index (χ3n) is 1.70. The molecule has 0 unspecified atom stereocenters. The van der Waals surface area contributed by atoms with Crippen molar-refractivity contribution in [2.75, 3.05) is 12.8 Å². The van der Waals surface area contributed by atoms with Crippen LogP contribution in [-0.2, 0) is 0 Å². The first-order valence-corrected chi connectivity index (χ1v) is 3.59. The lowest BCUT2D eigenvalue weighted by atomic mass is 10.4. The number of hydrogen-bond acceptors (Lipinski definition) is 3. The minimum atomic E-state index is 0.500. The van der Waals surface area contributed by atoms with Crippen LogP contribution in [0.1, 0.15) is 0 Å². The van der Waals surface area contributed by atoms with Crippen molar-refractivity contribution in [1.82, 2.24) is 9.61 Å². The van der Waals surface area contributed by atoms with E-state index in [9.17, 15) is 0 Å². The van der Waals surface area contributed by atoms with Crippen LogP contribution in [0.3, 0.4) is 0 Å². The molecule has 4 heteroatoms. The Kier molecular flexibility index (Phi) is 1.40. The molecule has 0 saturated heterocycles. The van der Waals surface area contributed by atoms with Gasteiger partial charge in [-0.05, 0) is 12.1 Å². The molecule has 2 aromatic rings. The molecule has 0 aliphatic carbocycles. The van der Waals surface area contributed by atoms with Crippen molar-refractivity contribution in [1.29, 1.82) is 0 Å². The molecule has 0 radical (unpaired) electrons. The molecule has 0 bridgehead atoms. The molecule has 0 atom stereocenters. The summed E-state index contributed by atoms with van der Waals surface area (Å²) in [6.45, 7) is 0. The number of methoxy groups -OCH3 is 1. The number of nitrogens with zero attached hydrogens (tertiary/aromatic N) is 2. The van der Waals surface area contributed by atoms with E-state index < -0.39 is 0 Å². The lowest BCUT2D eigenvalue weighted by Crippen LogP contribution is -1.90. The van der Waals surface area contributed by atoms with Gasteiger partial charge in [-0.15, -0.1) is 0 Å². The maximum absolute atomic E-state index is 5.53. The molecule has 2 aromatic heterocycles. The van der Waals surface area contributed by atoms with Crippen LogP contribution in [-0.4, -0.2) is 16.7 Å². The molecule has 62 valence electrons. The molecular formula is C8H9N3O. The highest BCUT2D eigenvalue weighted by Gasteiger charge is 2.02. The van der Waals surface area contributed by atoms with Gasteiger partial charge in [0.2, 0.25) is 0 Å². The fourth-order valence-electron chi connectivity index (χ4n) is 1.18. The first-order valence-electron chi connectivity index (χ1n) is 3.59. The van der Waals surface area contributed by atoms with E-state index in [0.717, 1.165) is 11.3 Å². The number of ether oxygens (including phenoxy) is 1. The van der Waals surface area contributed by atoms with E-state index in [1.54, 1.807) is 17.7 Å². The average Bonchev–Trinajstić information content (AvgIpc) is 2.44. The minimum Gasteiger partial charge on any atom is -0.494 e. The summed E-state index contributed by atoms with van der Waals surface area (Å²) in [6, 6.07) is 5.51. The van der Waals surface area contributed by atoms with Crippen LogP contribution in [0.25, 0.3) is 5.52 Å². The summed E-state index contributed by atoms with van der Waals surface area (Å²) in [5, 5.41) is 4.04. The zero-order valence-corrected chi connectivity index (χ0v) is 6.69. The van der Waals surface area contributed by atoms with Crippen LogP contribution in [0.5, 0.6) is 5.75 Å². The Labute approximate surface area is 69.6 Å². The average molecular weight is 163 g/mol. The lowest BCUT2D eigenvalue weighted by Gasteiger charge is -1.99. The van der Waals surface area contributed by atoms with Gasteiger partial charge in [0, 0.05) is 12.3 Å². The van der Waals surface area contributed by atoms with E-state index >= 15 is 0 Å². The predicted molar refractivity (Wildman–Crippen MR) is 46.2 cm³/mol. The van der Waals surface area contributed by atoms with Gasteiger partial charge in [0.1, 0.15) is 17.1 Å². The number of aromatic nitrogens is 2. The smallest absolute Gasteiger partial charge is 0.146 e. The van der Waals surface area contributed by atoms with Gasteiger partial charge in [0.15, 0.2) is 0 Å². The zero-order chi connectivity index (χ0) is 8.55. The van der Waals surface area contributed by atoms with Crippen molar-refractivity contribution in [2.24, 2.45) is 0 Å². The molecule has 2 N–H and O–H groups in total. The monoisotopic (exact) mass is 163 g/mol. The number of pyridine rings is 1. The van der Waals surface area contributed by atoms with Gasteiger partial charge in [-0.1, -0.05) is 0 Å². The van der Waals surface area contributed by atoms with E-state index in [0.29, 0.717) is 5.82 Å². The lowest BCUT2D eigenvalue weighted by molar-refractivity contribution is 0.417. The number of nitrogen functional groups attached to an aromatic ring is 1. The Morgan fingerprint density at radius 2 is 2.42 bits per heavy atom. The van der Waals surface area contributed by atoms with Crippen molar-refractivity contribution in [3.8, 4) is 5.75 Å². The molecule has 0 amide bonds. The van der Waals surface area contributed by atoms with Gasteiger partial charge in [0.25, 0.3) is 0 Å². The van der Waals surface area contributed by atoms with Crippen LogP contribution in [0.2, 0.25) is 0 Å². The van der Waals surface area contributed by atoms with E-state index in [1.807, 2.05) is 18.3 Å². The summed E-state index contributed by atoms with van der Waals surface area (Å²) in [6.07, 6.45) is 1.83. The number of nitrogens with two attached hydrogens (primary N) is 1. The Balaban J connectivity index is 2.78. The quantitative estimate of drug-likeness (QED) is 0.680. The molecule has 0 spiro atoms. The molecule has 0 aromatic carbocycles. The molecule has 0 fully saturated rings. The Morgan fingerprint density at radius 3 is 3.17 bits per heavy atom. The number of hydrogen-bond donors (Lipinski definition) is 1. The maximum Gasteiger partial charge on any atom is 0.146 e. The van der Waals surface area contributed by atoms with Crippen LogP contribution >= 0.6 is 0 Å². The van der Waals surface area contributed by atoms with E-state index in [1.165, 1.54) is 0 Å². The minimum absolute atomic E-state index is 0.500. The molecule has 4 nitrogen and oxygen atoms in total. The summed E-state index contributed by atoms with van der Waals surface area (Å²) in [5.74, 6) is 1.28. The standard InChI is InChI=1S/C8H9N3O/c1-12-7-3-2-4-11-6(7)5-8(9)10-11/h2-5H,1H3,(H2,9,10). The summed E-state index contributed by atoms with van der Waals surface area (Å²) < 4.78 is 6.81. The van der Waals surface area contributed by atoms with Crippen molar-refractivity contribution in [3.05, 3.63) is 24.4 Å². The number of anilines is 1. The number of rotatable bonds is 1. The molecule has 2 heterocycles. The third-order valence-corrected chi connectivity index (χ3v) is 1.70. The molecular weight excluding hydrogens is 154 g/mol. The van der Waals surface area contributed by atoms with Crippen LogP contribution in [0.15, 0.2) is 24.4 Å². The van der Waals surface area contributed by atoms with Crippen LogP contribution < -0.4 is 10.5 Å². The van der Waals surface area contributed by atoms with Crippen LogP contribution in [0, 0.1) is 0 Å². The highest BCUT2D eigenvalue weighted by atomic mass is 16.5. The van der Waals surface area contributed by atoms with Crippen molar-refractivity contribution in [2.45, 2.75) is 0 Å². The highest BCUT2D eigenvalue weighted by Crippen LogP contribution is 2.19.